The number of nitrogens with zero attached hydrogens (tertiary/aromatic N) is 1. The first-order valence-electron chi connectivity index (χ1n) is 8.96. The summed E-state index contributed by atoms with van der Waals surface area (Å²) in [7, 11) is 1.50. The molecule has 0 amide bonds. The third-order valence-electron chi connectivity index (χ3n) is 3.91. The summed E-state index contributed by atoms with van der Waals surface area (Å²) in [5.41, 5.74) is 4.62. The maximum Gasteiger partial charge on any atom is 0.343 e. The molecular weight excluding hydrogens is 502 g/mol. The van der Waals surface area contributed by atoms with Gasteiger partial charge in [0.1, 0.15) is 0 Å². The molecular formula is C22H17BrClN3O3S. The Kier molecular flexibility index (Phi) is 8.00. The standard InChI is InChI=1S/C22H17BrClN3O3S/c1-29-20-10-14(13-25-27-22(31)26-18-7-3-6-17(24)12-18)8-9-19(20)30-21(28)15-4-2-5-16(23)11-15/h2-13H,1H3,(H2,26,27,31)/b25-13+. The fraction of sp³-hybridized carbons (Fsp3) is 0.0455. The third kappa shape index (κ3) is 6.78. The molecule has 2 N–H and O–H groups in total. The van der Waals surface area contributed by atoms with Gasteiger partial charge < -0.3 is 14.8 Å². The zero-order valence-corrected chi connectivity index (χ0v) is 19.4. The van der Waals surface area contributed by atoms with E-state index in [9.17, 15) is 4.79 Å². The number of carbonyl (C=O) groups is 1. The van der Waals surface area contributed by atoms with Gasteiger partial charge in [-0.05, 0) is 72.4 Å². The SMILES string of the molecule is COc1cc(/C=N/NC(=S)Nc2cccc(Cl)c2)ccc1OC(=O)c1cccc(Br)c1. The Labute approximate surface area is 198 Å². The second-order valence-corrected chi connectivity index (χ2v) is 7.90. The van der Waals surface area contributed by atoms with E-state index in [0.29, 0.717) is 27.2 Å². The van der Waals surface area contributed by atoms with E-state index in [0.717, 1.165) is 15.7 Å². The maximum absolute atomic E-state index is 12.4. The molecule has 0 atom stereocenters. The number of nitrogens with one attached hydrogen (secondary N) is 2. The first kappa shape index (κ1) is 22.7. The molecule has 3 aromatic rings. The fourth-order valence-electron chi connectivity index (χ4n) is 2.51. The van der Waals surface area contributed by atoms with Crippen LogP contribution in [0.4, 0.5) is 5.69 Å². The lowest BCUT2D eigenvalue weighted by molar-refractivity contribution is 0.0729. The van der Waals surface area contributed by atoms with E-state index < -0.39 is 5.97 Å². The van der Waals surface area contributed by atoms with Crippen LogP contribution < -0.4 is 20.2 Å². The molecule has 0 aromatic heterocycles. The molecule has 6 nitrogen and oxygen atoms in total. The van der Waals surface area contributed by atoms with E-state index in [-0.39, 0.29) is 0 Å². The van der Waals surface area contributed by atoms with Gasteiger partial charge in [-0.2, -0.15) is 5.10 Å². The molecule has 3 rings (SSSR count). The van der Waals surface area contributed by atoms with E-state index in [2.05, 4.69) is 31.8 Å². The molecule has 0 unspecified atom stereocenters. The van der Waals surface area contributed by atoms with Crippen LogP contribution in [0.3, 0.4) is 0 Å². The predicted octanol–water partition coefficient (Wildman–Crippen LogP) is 5.65. The normalized spacial score (nSPS) is 10.5. The fourth-order valence-corrected chi connectivity index (χ4v) is 3.27. The molecule has 0 aliphatic rings. The Bertz CT molecular complexity index is 1140. The highest BCUT2D eigenvalue weighted by molar-refractivity contribution is 9.10. The average molecular weight is 519 g/mol. The minimum Gasteiger partial charge on any atom is -0.493 e. The van der Waals surface area contributed by atoms with Crippen LogP contribution in [0.2, 0.25) is 5.02 Å². The lowest BCUT2D eigenvalue weighted by Crippen LogP contribution is -2.23. The van der Waals surface area contributed by atoms with Crippen molar-refractivity contribution in [2.24, 2.45) is 5.10 Å². The topological polar surface area (TPSA) is 71.9 Å². The van der Waals surface area contributed by atoms with E-state index in [1.165, 1.54) is 7.11 Å². The minimum atomic E-state index is -0.486. The summed E-state index contributed by atoms with van der Waals surface area (Å²) in [4.78, 5) is 12.4. The highest BCUT2D eigenvalue weighted by Crippen LogP contribution is 2.28. The molecule has 0 saturated heterocycles. The van der Waals surface area contributed by atoms with E-state index in [4.69, 9.17) is 33.3 Å². The zero-order valence-electron chi connectivity index (χ0n) is 16.3. The number of esters is 1. The number of rotatable bonds is 6. The van der Waals surface area contributed by atoms with Crippen molar-refractivity contribution in [3.05, 3.63) is 87.4 Å². The molecule has 0 fully saturated rings. The lowest BCUT2D eigenvalue weighted by atomic mass is 10.2. The molecule has 0 bridgehead atoms. The van der Waals surface area contributed by atoms with E-state index in [1.807, 2.05) is 18.2 Å². The van der Waals surface area contributed by atoms with Crippen molar-refractivity contribution in [1.82, 2.24) is 5.43 Å². The number of hydrogen-bond acceptors (Lipinski definition) is 5. The average Bonchev–Trinajstić information content (AvgIpc) is 2.74. The van der Waals surface area contributed by atoms with Crippen molar-refractivity contribution in [2.75, 3.05) is 12.4 Å². The van der Waals surface area contributed by atoms with Gasteiger partial charge in [0, 0.05) is 15.2 Å². The van der Waals surface area contributed by atoms with Gasteiger partial charge in [-0.15, -0.1) is 0 Å². The van der Waals surface area contributed by atoms with Gasteiger partial charge in [0.25, 0.3) is 0 Å². The number of hydrazone groups is 1. The van der Waals surface area contributed by atoms with Gasteiger partial charge >= 0.3 is 5.97 Å². The number of halogens is 2. The van der Waals surface area contributed by atoms with Crippen molar-refractivity contribution in [1.29, 1.82) is 0 Å². The maximum atomic E-state index is 12.4. The van der Waals surface area contributed by atoms with Crippen LogP contribution in [0.15, 0.2) is 76.3 Å². The van der Waals surface area contributed by atoms with Crippen LogP contribution in [-0.4, -0.2) is 24.4 Å². The summed E-state index contributed by atoms with van der Waals surface area (Å²) in [6, 6.07) is 19.2. The predicted molar refractivity (Wildman–Crippen MR) is 130 cm³/mol. The Hall–Kier alpha value is -2.94. The summed E-state index contributed by atoms with van der Waals surface area (Å²) in [6.07, 6.45) is 1.56. The summed E-state index contributed by atoms with van der Waals surface area (Å²) in [6.45, 7) is 0. The molecule has 0 aliphatic carbocycles. The second-order valence-electron chi connectivity index (χ2n) is 6.14. The molecule has 0 spiro atoms. The van der Waals surface area contributed by atoms with Gasteiger partial charge in [-0.3, -0.25) is 5.43 Å². The van der Waals surface area contributed by atoms with Crippen molar-refractivity contribution in [2.45, 2.75) is 0 Å². The molecule has 158 valence electrons. The summed E-state index contributed by atoms with van der Waals surface area (Å²) < 4.78 is 11.6. The lowest BCUT2D eigenvalue weighted by Gasteiger charge is -2.10. The van der Waals surface area contributed by atoms with Gasteiger partial charge in [0.2, 0.25) is 0 Å². The number of benzene rings is 3. The Morgan fingerprint density at radius 2 is 1.90 bits per heavy atom. The number of ether oxygens (including phenoxy) is 2. The largest absolute Gasteiger partial charge is 0.493 e. The van der Waals surface area contributed by atoms with Gasteiger partial charge in [0.05, 0.1) is 18.9 Å². The summed E-state index contributed by atoms with van der Waals surface area (Å²) >= 11 is 14.5. The van der Waals surface area contributed by atoms with Crippen LogP contribution in [0.1, 0.15) is 15.9 Å². The quantitative estimate of drug-likeness (QED) is 0.144. The second kappa shape index (κ2) is 10.9. The van der Waals surface area contributed by atoms with Crippen LogP contribution in [0.25, 0.3) is 0 Å². The zero-order chi connectivity index (χ0) is 22.2. The number of hydrogen-bond donors (Lipinski definition) is 2. The molecule has 31 heavy (non-hydrogen) atoms. The van der Waals surface area contributed by atoms with Crippen molar-refractivity contribution >= 4 is 62.7 Å². The molecule has 3 aromatic carbocycles. The third-order valence-corrected chi connectivity index (χ3v) is 4.83. The summed E-state index contributed by atoms with van der Waals surface area (Å²) in [5.74, 6) is 0.211. The van der Waals surface area contributed by atoms with Crippen molar-refractivity contribution in [3.63, 3.8) is 0 Å². The molecule has 0 aliphatic heterocycles. The highest BCUT2D eigenvalue weighted by Gasteiger charge is 2.13. The Morgan fingerprint density at radius 3 is 2.65 bits per heavy atom. The smallest absolute Gasteiger partial charge is 0.343 e. The van der Waals surface area contributed by atoms with Gasteiger partial charge in [-0.25, -0.2) is 4.79 Å². The minimum absolute atomic E-state index is 0.302. The highest BCUT2D eigenvalue weighted by atomic mass is 79.9. The molecule has 9 heteroatoms. The Balaban J connectivity index is 1.62. The number of methoxy groups -OCH3 is 1. The van der Waals surface area contributed by atoms with Crippen molar-refractivity contribution in [3.8, 4) is 11.5 Å². The van der Waals surface area contributed by atoms with Crippen LogP contribution >= 0.6 is 39.7 Å². The molecule has 0 heterocycles. The number of carbonyl (C=O) groups excluding carboxylic acids is 1. The first-order valence-corrected chi connectivity index (χ1v) is 10.5. The monoisotopic (exact) mass is 517 g/mol. The summed E-state index contributed by atoms with van der Waals surface area (Å²) in [5, 5.41) is 7.99. The molecule has 0 saturated carbocycles. The first-order chi connectivity index (χ1) is 14.9. The van der Waals surface area contributed by atoms with Gasteiger partial charge in [-0.1, -0.05) is 39.7 Å². The van der Waals surface area contributed by atoms with Gasteiger partial charge in [0.15, 0.2) is 16.6 Å². The van der Waals surface area contributed by atoms with Crippen LogP contribution in [0, 0.1) is 0 Å². The van der Waals surface area contributed by atoms with Crippen LogP contribution in [-0.2, 0) is 0 Å². The van der Waals surface area contributed by atoms with Crippen LogP contribution in [0.5, 0.6) is 11.5 Å². The van der Waals surface area contributed by atoms with E-state index >= 15 is 0 Å². The number of thiocarbonyl (C=S) groups is 1. The number of anilines is 1. The van der Waals surface area contributed by atoms with Crippen molar-refractivity contribution < 1.29 is 14.3 Å². The molecule has 0 radical (unpaired) electrons. The Morgan fingerprint density at radius 1 is 1.10 bits per heavy atom. The van der Waals surface area contributed by atoms with E-state index in [1.54, 1.807) is 54.7 Å².